The molecule has 0 spiro atoms. The van der Waals surface area contributed by atoms with Gasteiger partial charge in [0.25, 0.3) is 0 Å². The zero-order valence-corrected chi connectivity index (χ0v) is 15.9. The number of aliphatic imine (C=N–C) groups is 1. The van der Waals surface area contributed by atoms with Gasteiger partial charge in [0.05, 0.1) is 18.1 Å². The number of benzene rings is 1. The molecule has 0 unspecified atom stereocenters. The molecule has 1 fully saturated rings. The molecular formula is C20H22N4O3S. The van der Waals surface area contributed by atoms with Gasteiger partial charge in [-0.25, -0.2) is 0 Å². The first-order valence-corrected chi connectivity index (χ1v) is 10.1. The first-order valence-electron chi connectivity index (χ1n) is 9.21. The monoisotopic (exact) mass is 398 g/mol. The molecule has 1 aliphatic carbocycles. The first kappa shape index (κ1) is 18.9. The summed E-state index contributed by atoms with van der Waals surface area (Å²) < 4.78 is 0. The lowest BCUT2D eigenvalue weighted by atomic mass is 9.81. The topological polar surface area (TPSA) is 107 Å². The fraction of sp³-hybridized carbons (Fsp3) is 0.350. The second kappa shape index (κ2) is 8.30. The molecule has 1 saturated carbocycles. The molecule has 0 bridgehead atoms. The van der Waals surface area contributed by atoms with Crippen LogP contribution in [0.15, 0.2) is 59.9 Å². The van der Waals surface area contributed by atoms with E-state index in [1.165, 1.54) is 11.8 Å². The number of aromatic nitrogens is 1. The zero-order chi connectivity index (χ0) is 19.5. The Morgan fingerprint density at radius 1 is 1.18 bits per heavy atom. The van der Waals surface area contributed by atoms with Gasteiger partial charge in [0.1, 0.15) is 6.10 Å². The molecule has 5 atom stereocenters. The van der Waals surface area contributed by atoms with Gasteiger partial charge in [-0.05, 0) is 30.2 Å². The highest BCUT2D eigenvalue weighted by molar-refractivity contribution is 8.15. The number of amidine groups is 1. The third-order valence-corrected chi connectivity index (χ3v) is 6.35. The maximum atomic E-state index is 12.8. The number of anilines is 1. The molecule has 1 aromatic heterocycles. The number of rotatable bonds is 4. The Kier molecular flexibility index (Phi) is 5.61. The van der Waals surface area contributed by atoms with E-state index in [9.17, 15) is 15.0 Å². The van der Waals surface area contributed by atoms with E-state index in [4.69, 9.17) is 0 Å². The van der Waals surface area contributed by atoms with Crippen molar-refractivity contribution in [2.24, 2.45) is 10.9 Å². The molecule has 1 amide bonds. The van der Waals surface area contributed by atoms with E-state index < -0.39 is 24.2 Å². The fourth-order valence-corrected chi connectivity index (χ4v) is 4.95. The predicted octanol–water partition coefficient (Wildman–Crippen LogP) is 1.39. The van der Waals surface area contributed by atoms with Crippen LogP contribution in [0.3, 0.4) is 0 Å². The number of nitrogens with zero attached hydrogens (tertiary/aromatic N) is 2. The highest BCUT2D eigenvalue weighted by Gasteiger charge is 2.50. The number of amides is 1. The van der Waals surface area contributed by atoms with Gasteiger partial charge in [-0.15, -0.1) is 0 Å². The normalized spacial score (nSPS) is 28.9. The van der Waals surface area contributed by atoms with Crippen molar-refractivity contribution in [3.05, 3.63) is 60.4 Å². The van der Waals surface area contributed by atoms with Crippen LogP contribution in [0.25, 0.3) is 0 Å². The Bertz CT molecular complexity index is 849. The SMILES string of the molecule is O=C(NCc1cccnc1)[C@H]1C[C@@H](O)[C@H](O)[C@@H]2N=C(Nc3ccccc3)S[C@@H]21. The van der Waals surface area contributed by atoms with Crippen molar-refractivity contribution in [2.45, 2.75) is 36.5 Å². The summed E-state index contributed by atoms with van der Waals surface area (Å²) in [5, 5.41) is 27.3. The number of hydrogen-bond acceptors (Lipinski definition) is 7. The summed E-state index contributed by atoms with van der Waals surface area (Å²) in [6.45, 7) is 0.375. The molecule has 1 aliphatic heterocycles. The van der Waals surface area contributed by atoms with Crippen molar-refractivity contribution < 1.29 is 15.0 Å². The molecule has 4 N–H and O–H groups in total. The molecule has 4 rings (SSSR count). The molecule has 8 heteroatoms. The van der Waals surface area contributed by atoms with Crippen LogP contribution < -0.4 is 10.6 Å². The summed E-state index contributed by atoms with van der Waals surface area (Å²) in [4.78, 5) is 21.4. The minimum atomic E-state index is -0.977. The maximum absolute atomic E-state index is 12.8. The van der Waals surface area contributed by atoms with E-state index in [-0.39, 0.29) is 17.6 Å². The van der Waals surface area contributed by atoms with Gasteiger partial charge in [0, 0.05) is 29.9 Å². The highest BCUT2D eigenvalue weighted by Crippen LogP contribution is 2.41. The van der Waals surface area contributed by atoms with Crippen LogP contribution >= 0.6 is 11.8 Å². The van der Waals surface area contributed by atoms with E-state index in [1.807, 2.05) is 42.5 Å². The smallest absolute Gasteiger partial charge is 0.224 e. The quantitative estimate of drug-likeness (QED) is 0.620. The van der Waals surface area contributed by atoms with Crippen molar-refractivity contribution in [1.82, 2.24) is 10.3 Å². The minimum absolute atomic E-state index is 0.145. The van der Waals surface area contributed by atoms with Crippen molar-refractivity contribution in [2.75, 3.05) is 5.32 Å². The summed E-state index contributed by atoms with van der Waals surface area (Å²) in [6, 6.07) is 12.8. The van der Waals surface area contributed by atoms with Crippen LogP contribution in [0.1, 0.15) is 12.0 Å². The van der Waals surface area contributed by atoms with Crippen molar-refractivity contribution in [3.8, 4) is 0 Å². The molecule has 0 saturated heterocycles. The standard InChI is InChI=1S/C20H22N4O3S/c25-15-9-14(19(27)22-11-12-5-4-8-21-10-12)18-16(17(15)26)24-20(28-18)23-13-6-2-1-3-7-13/h1-8,10,14-18,25-26H,9,11H2,(H,22,27)(H,23,24)/t14-,15+,16-,17-,18+/m0/s1. The molecule has 2 heterocycles. The number of para-hydroxylation sites is 1. The number of thioether (sulfide) groups is 1. The Morgan fingerprint density at radius 3 is 2.75 bits per heavy atom. The largest absolute Gasteiger partial charge is 0.390 e. The lowest BCUT2D eigenvalue weighted by Gasteiger charge is -2.37. The average Bonchev–Trinajstić information content (AvgIpc) is 3.14. The molecule has 146 valence electrons. The molecular weight excluding hydrogens is 376 g/mol. The number of fused-ring (bicyclic) bond motifs is 1. The zero-order valence-electron chi connectivity index (χ0n) is 15.1. The maximum Gasteiger partial charge on any atom is 0.224 e. The number of carbonyl (C=O) groups is 1. The van der Waals surface area contributed by atoms with Crippen LogP contribution in [0.2, 0.25) is 0 Å². The molecule has 7 nitrogen and oxygen atoms in total. The van der Waals surface area contributed by atoms with Crippen molar-refractivity contribution >= 4 is 28.5 Å². The van der Waals surface area contributed by atoms with Gasteiger partial charge in [0.15, 0.2) is 5.17 Å². The number of nitrogens with one attached hydrogen (secondary N) is 2. The molecule has 28 heavy (non-hydrogen) atoms. The van der Waals surface area contributed by atoms with Crippen LogP contribution in [-0.4, -0.2) is 49.8 Å². The van der Waals surface area contributed by atoms with Gasteiger partial charge in [-0.2, -0.15) is 0 Å². The van der Waals surface area contributed by atoms with E-state index in [2.05, 4.69) is 20.6 Å². The third-order valence-electron chi connectivity index (χ3n) is 5.04. The predicted molar refractivity (Wildman–Crippen MR) is 109 cm³/mol. The van der Waals surface area contributed by atoms with Crippen LogP contribution in [0, 0.1) is 5.92 Å². The second-order valence-electron chi connectivity index (χ2n) is 6.98. The molecule has 2 aliphatic rings. The van der Waals surface area contributed by atoms with E-state index >= 15 is 0 Å². The Labute approximate surface area is 167 Å². The van der Waals surface area contributed by atoms with Gasteiger partial charge < -0.3 is 20.8 Å². The third kappa shape index (κ3) is 4.04. The van der Waals surface area contributed by atoms with Crippen molar-refractivity contribution in [3.63, 3.8) is 0 Å². The van der Waals surface area contributed by atoms with E-state index in [1.54, 1.807) is 12.4 Å². The van der Waals surface area contributed by atoms with Gasteiger partial charge in [-0.1, -0.05) is 36.0 Å². The van der Waals surface area contributed by atoms with Gasteiger partial charge in [-0.3, -0.25) is 14.8 Å². The van der Waals surface area contributed by atoms with Crippen LogP contribution in [0.5, 0.6) is 0 Å². The van der Waals surface area contributed by atoms with E-state index in [0.29, 0.717) is 11.7 Å². The summed E-state index contributed by atoms with van der Waals surface area (Å²) in [5.74, 6) is -0.586. The number of pyridine rings is 1. The Balaban J connectivity index is 1.45. The summed E-state index contributed by atoms with van der Waals surface area (Å²) in [5.41, 5.74) is 1.80. The van der Waals surface area contributed by atoms with E-state index in [0.717, 1.165) is 11.3 Å². The highest BCUT2D eigenvalue weighted by atomic mass is 32.2. The molecule has 0 radical (unpaired) electrons. The van der Waals surface area contributed by atoms with Gasteiger partial charge in [0.2, 0.25) is 5.91 Å². The molecule has 1 aromatic carbocycles. The number of hydrogen-bond donors (Lipinski definition) is 4. The summed E-state index contributed by atoms with van der Waals surface area (Å²) >= 11 is 1.45. The summed E-state index contributed by atoms with van der Waals surface area (Å²) in [7, 11) is 0. The van der Waals surface area contributed by atoms with Crippen molar-refractivity contribution in [1.29, 1.82) is 0 Å². The second-order valence-corrected chi connectivity index (χ2v) is 8.14. The number of aliphatic hydroxyl groups excluding tert-OH is 2. The Morgan fingerprint density at radius 2 is 2.00 bits per heavy atom. The summed E-state index contributed by atoms with van der Waals surface area (Å²) in [6.07, 6.45) is 1.65. The lowest BCUT2D eigenvalue weighted by molar-refractivity contribution is -0.129. The first-order chi connectivity index (χ1) is 13.6. The van der Waals surface area contributed by atoms with Gasteiger partial charge >= 0.3 is 0 Å². The number of carbonyl (C=O) groups excluding carboxylic acids is 1. The average molecular weight is 398 g/mol. The minimum Gasteiger partial charge on any atom is -0.390 e. The van der Waals surface area contributed by atoms with Crippen LogP contribution in [0.4, 0.5) is 5.69 Å². The lowest BCUT2D eigenvalue weighted by Crippen LogP contribution is -2.53. The fourth-order valence-electron chi connectivity index (χ4n) is 3.58. The molecule has 2 aromatic rings. The Hall–Kier alpha value is -2.42. The number of aliphatic hydroxyl groups is 2. The van der Waals surface area contributed by atoms with Crippen LogP contribution in [-0.2, 0) is 11.3 Å².